The third kappa shape index (κ3) is 3.43. The molecule has 0 aliphatic rings. The Kier molecular flexibility index (Phi) is 4.52. The van der Waals surface area contributed by atoms with Crippen molar-refractivity contribution < 1.29 is 4.92 Å². The Balaban J connectivity index is 2.16. The molecule has 104 valence electrons. The Morgan fingerprint density at radius 3 is 2.50 bits per heavy atom. The van der Waals surface area contributed by atoms with Gasteiger partial charge in [0.25, 0.3) is 5.69 Å². The van der Waals surface area contributed by atoms with Gasteiger partial charge in [-0.15, -0.1) is 0 Å². The average molecular weight is 335 g/mol. The molecule has 5 heteroatoms. The lowest BCUT2D eigenvalue weighted by atomic mass is 9.96. The predicted molar refractivity (Wildman–Crippen MR) is 82.6 cm³/mol. The summed E-state index contributed by atoms with van der Waals surface area (Å²) in [4.78, 5) is 10.2. The molecule has 2 N–H and O–H groups in total. The smallest absolute Gasteiger partial charge is 0.269 e. The van der Waals surface area contributed by atoms with E-state index in [1.54, 1.807) is 12.1 Å². The Labute approximate surface area is 125 Å². The summed E-state index contributed by atoms with van der Waals surface area (Å²) in [6, 6.07) is 12.4. The Morgan fingerprint density at radius 1 is 1.25 bits per heavy atom. The van der Waals surface area contributed by atoms with Crippen LogP contribution in [0, 0.1) is 17.0 Å². The zero-order chi connectivity index (χ0) is 14.7. The van der Waals surface area contributed by atoms with Gasteiger partial charge in [-0.05, 0) is 42.2 Å². The molecule has 2 aromatic carbocycles. The molecular formula is C15H15BrN2O2. The van der Waals surface area contributed by atoms with Crippen LogP contribution in [0.15, 0.2) is 46.9 Å². The molecular weight excluding hydrogens is 320 g/mol. The molecule has 0 heterocycles. The lowest BCUT2D eigenvalue weighted by molar-refractivity contribution is -0.384. The largest absolute Gasteiger partial charge is 0.324 e. The van der Waals surface area contributed by atoms with Crippen LogP contribution in [-0.2, 0) is 6.42 Å². The van der Waals surface area contributed by atoms with Crippen LogP contribution in [0.4, 0.5) is 5.69 Å². The summed E-state index contributed by atoms with van der Waals surface area (Å²) in [6.07, 6.45) is 0.648. The number of nitro benzene ring substituents is 1. The van der Waals surface area contributed by atoms with Crippen LogP contribution in [0.2, 0.25) is 0 Å². The van der Waals surface area contributed by atoms with Gasteiger partial charge in [-0.2, -0.15) is 0 Å². The minimum atomic E-state index is -0.401. The molecule has 0 radical (unpaired) electrons. The van der Waals surface area contributed by atoms with Gasteiger partial charge in [0.05, 0.1) is 4.92 Å². The molecule has 20 heavy (non-hydrogen) atoms. The van der Waals surface area contributed by atoms with Crippen LogP contribution in [0.5, 0.6) is 0 Å². The fraction of sp³-hybridized carbons (Fsp3) is 0.200. The number of halogens is 1. The van der Waals surface area contributed by atoms with Crippen molar-refractivity contribution >= 4 is 21.6 Å². The van der Waals surface area contributed by atoms with E-state index in [4.69, 9.17) is 5.73 Å². The zero-order valence-corrected chi connectivity index (χ0v) is 12.6. The van der Waals surface area contributed by atoms with Crippen molar-refractivity contribution in [3.05, 3.63) is 73.7 Å². The number of nitrogens with two attached hydrogens (primary N) is 1. The minimum Gasteiger partial charge on any atom is -0.324 e. The van der Waals surface area contributed by atoms with Crippen molar-refractivity contribution in [3.8, 4) is 0 Å². The van der Waals surface area contributed by atoms with E-state index in [1.165, 1.54) is 12.1 Å². The van der Waals surface area contributed by atoms with Crippen molar-refractivity contribution in [1.29, 1.82) is 0 Å². The third-order valence-corrected chi connectivity index (χ3v) is 3.74. The highest BCUT2D eigenvalue weighted by molar-refractivity contribution is 9.10. The van der Waals surface area contributed by atoms with E-state index in [2.05, 4.69) is 15.9 Å². The second kappa shape index (κ2) is 6.15. The summed E-state index contributed by atoms with van der Waals surface area (Å²) < 4.78 is 0.997. The average Bonchev–Trinajstić information content (AvgIpc) is 2.42. The van der Waals surface area contributed by atoms with Gasteiger partial charge < -0.3 is 5.73 Å². The number of hydrogen-bond acceptors (Lipinski definition) is 3. The van der Waals surface area contributed by atoms with Crippen molar-refractivity contribution in [2.24, 2.45) is 5.73 Å². The summed E-state index contributed by atoms with van der Waals surface area (Å²) in [7, 11) is 0. The Morgan fingerprint density at radius 2 is 1.90 bits per heavy atom. The maximum atomic E-state index is 10.6. The second-order valence-corrected chi connectivity index (χ2v) is 5.65. The van der Waals surface area contributed by atoms with E-state index < -0.39 is 4.92 Å². The lowest BCUT2D eigenvalue weighted by Crippen LogP contribution is -2.14. The maximum Gasteiger partial charge on any atom is 0.269 e. The van der Waals surface area contributed by atoms with Gasteiger partial charge in [0.2, 0.25) is 0 Å². The van der Waals surface area contributed by atoms with E-state index in [0.29, 0.717) is 6.42 Å². The van der Waals surface area contributed by atoms with Crippen LogP contribution < -0.4 is 5.73 Å². The van der Waals surface area contributed by atoms with E-state index in [9.17, 15) is 10.1 Å². The lowest BCUT2D eigenvalue weighted by Gasteiger charge is -2.15. The first-order valence-electron chi connectivity index (χ1n) is 6.22. The molecule has 2 aromatic rings. The van der Waals surface area contributed by atoms with Gasteiger partial charge in [0.1, 0.15) is 0 Å². The first-order valence-corrected chi connectivity index (χ1v) is 7.01. The fourth-order valence-electron chi connectivity index (χ4n) is 2.13. The van der Waals surface area contributed by atoms with Gasteiger partial charge in [-0.25, -0.2) is 0 Å². The first-order chi connectivity index (χ1) is 9.47. The number of benzene rings is 2. The zero-order valence-electron chi connectivity index (χ0n) is 11.0. The molecule has 0 aromatic heterocycles. The van der Waals surface area contributed by atoms with E-state index in [1.807, 2.05) is 25.1 Å². The molecule has 0 bridgehead atoms. The molecule has 0 saturated carbocycles. The van der Waals surface area contributed by atoms with Gasteiger partial charge >= 0.3 is 0 Å². The van der Waals surface area contributed by atoms with E-state index in [0.717, 1.165) is 21.2 Å². The standard InChI is InChI=1S/C15H15BrN2O2/c1-10-2-5-12(16)9-14(10)15(17)8-11-3-6-13(7-4-11)18(19)20/h2-7,9,15H,8,17H2,1H3. The Bertz CT molecular complexity index is 626. The van der Waals surface area contributed by atoms with Crippen molar-refractivity contribution in [2.75, 3.05) is 0 Å². The summed E-state index contributed by atoms with van der Waals surface area (Å²) in [5.74, 6) is 0. The first kappa shape index (κ1) is 14.7. The van der Waals surface area contributed by atoms with Gasteiger partial charge in [0.15, 0.2) is 0 Å². The highest BCUT2D eigenvalue weighted by atomic mass is 79.9. The molecule has 1 atom stereocenters. The second-order valence-electron chi connectivity index (χ2n) is 4.74. The number of rotatable bonds is 4. The van der Waals surface area contributed by atoms with E-state index in [-0.39, 0.29) is 11.7 Å². The number of non-ortho nitro benzene ring substituents is 1. The highest BCUT2D eigenvalue weighted by Crippen LogP contribution is 2.24. The maximum absolute atomic E-state index is 10.6. The summed E-state index contributed by atoms with van der Waals surface area (Å²) >= 11 is 3.44. The Hall–Kier alpha value is -1.72. The van der Waals surface area contributed by atoms with E-state index >= 15 is 0 Å². The molecule has 1 unspecified atom stereocenters. The molecule has 0 spiro atoms. The molecule has 0 amide bonds. The third-order valence-electron chi connectivity index (χ3n) is 3.24. The normalized spacial score (nSPS) is 12.2. The highest BCUT2D eigenvalue weighted by Gasteiger charge is 2.11. The van der Waals surface area contributed by atoms with Crippen molar-refractivity contribution in [2.45, 2.75) is 19.4 Å². The summed E-state index contributed by atoms with van der Waals surface area (Å²) in [6.45, 7) is 2.03. The van der Waals surface area contributed by atoms with Crippen LogP contribution in [0.25, 0.3) is 0 Å². The topological polar surface area (TPSA) is 69.2 Å². The molecule has 0 fully saturated rings. The summed E-state index contributed by atoms with van der Waals surface area (Å²) in [5, 5.41) is 10.6. The van der Waals surface area contributed by atoms with Crippen molar-refractivity contribution in [3.63, 3.8) is 0 Å². The van der Waals surface area contributed by atoms with Gasteiger partial charge in [-0.1, -0.05) is 34.1 Å². The van der Waals surface area contributed by atoms with Gasteiger partial charge in [-0.3, -0.25) is 10.1 Å². The fourth-order valence-corrected chi connectivity index (χ4v) is 2.51. The molecule has 0 aliphatic carbocycles. The molecule has 0 saturated heterocycles. The van der Waals surface area contributed by atoms with Gasteiger partial charge in [0, 0.05) is 22.6 Å². The number of aryl methyl sites for hydroxylation is 1. The quantitative estimate of drug-likeness (QED) is 0.680. The van der Waals surface area contributed by atoms with Crippen LogP contribution in [-0.4, -0.2) is 4.92 Å². The summed E-state index contributed by atoms with van der Waals surface area (Å²) in [5.41, 5.74) is 9.55. The number of nitro groups is 1. The minimum absolute atomic E-state index is 0.0981. The molecule has 0 aliphatic heterocycles. The van der Waals surface area contributed by atoms with Crippen molar-refractivity contribution in [1.82, 2.24) is 0 Å². The van der Waals surface area contributed by atoms with Crippen LogP contribution in [0.1, 0.15) is 22.7 Å². The van der Waals surface area contributed by atoms with Crippen LogP contribution in [0.3, 0.4) is 0 Å². The molecule has 2 rings (SSSR count). The monoisotopic (exact) mass is 334 g/mol. The van der Waals surface area contributed by atoms with Crippen LogP contribution >= 0.6 is 15.9 Å². The number of hydrogen-bond donors (Lipinski definition) is 1. The SMILES string of the molecule is Cc1ccc(Br)cc1C(N)Cc1ccc([N+](=O)[O-])cc1. The molecule has 4 nitrogen and oxygen atoms in total. The predicted octanol–water partition coefficient (Wildman–Crippen LogP) is 3.91. The number of nitrogens with zero attached hydrogens (tertiary/aromatic N) is 1.